The Kier molecular flexibility index (Phi) is 4.76. The summed E-state index contributed by atoms with van der Waals surface area (Å²) < 4.78 is 17.3. The molecule has 5 heteroatoms. The van der Waals surface area contributed by atoms with Crippen LogP contribution in [0.2, 0.25) is 0 Å². The molecule has 2 unspecified atom stereocenters. The number of Topliss-reactive ketones (excluding diaryl/α,β-unsaturated/α-hetero) is 1. The van der Waals surface area contributed by atoms with E-state index in [1.807, 2.05) is 18.2 Å². The Bertz CT molecular complexity index is 930. The minimum atomic E-state index is -0.337. The first-order chi connectivity index (χ1) is 13.5. The van der Waals surface area contributed by atoms with Crippen LogP contribution in [0.3, 0.4) is 0 Å². The molecule has 1 aromatic carbocycles. The summed E-state index contributed by atoms with van der Waals surface area (Å²) in [5.74, 6) is 5.76. The summed E-state index contributed by atoms with van der Waals surface area (Å²) in [5, 5.41) is 0. The van der Waals surface area contributed by atoms with Crippen molar-refractivity contribution in [2.75, 3.05) is 7.11 Å². The molecule has 0 N–H and O–H groups in total. The number of methoxy groups -OCH3 is 1. The fraction of sp³-hybridized carbons (Fsp3) is 0.478. The van der Waals surface area contributed by atoms with Gasteiger partial charge >= 0.3 is 5.97 Å². The van der Waals surface area contributed by atoms with Gasteiger partial charge in [-0.2, -0.15) is 0 Å². The van der Waals surface area contributed by atoms with E-state index in [4.69, 9.17) is 14.2 Å². The number of rotatable bonds is 4. The fourth-order valence-electron chi connectivity index (χ4n) is 4.53. The van der Waals surface area contributed by atoms with E-state index < -0.39 is 0 Å². The van der Waals surface area contributed by atoms with E-state index in [1.54, 1.807) is 27.9 Å². The first kappa shape index (κ1) is 18.8. The maximum Gasteiger partial charge on any atom is 0.313 e. The quantitative estimate of drug-likeness (QED) is 0.592. The van der Waals surface area contributed by atoms with Gasteiger partial charge in [0.05, 0.1) is 42.6 Å². The monoisotopic (exact) mass is 380 g/mol. The van der Waals surface area contributed by atoms with Gasteiger partial charge in [0, 0.05) is 11.1 Å². The second-order valence-electron chi connectivity index (χ2n) is 7.81. The molecule has 4 rings (SSSR count). The van der Waals surface area contributed by atoms with Crippen molar-refractivity contribution >= 4 is 17.3 Å². The van der Waals surface area contributed by atoms with Gasteiger partial charge in [-0.25, -0.2) is 0 Å². The molecule has 5 nitrogen and oxygen atoms in total. The average molecular weight is 380 g/mol. The summed E-state index contributed by atoms with van der Waals surface area (Å²) in [4.78, 5) is 25.8. The molecule has 1 aliphatic carbocycles. The first-order valence-corrected chi connectivity index (χ1v) is 9.73. The molecule has 28 heavy (non-hydrogen) atoms. The molecule has 0 spiro atoms. The number of ketones is 1. The highest BCUT2D eigenvalue weighted by Gasteiger charge is 2.60. The molecule has 0 radical (unpaired) electrons. The Morgan fingerprint density at radius 3 is 2.57 bits per heavy atom. The number of esters is 1. The molecule has 2 fully saturated rings. The van der Waals surface area contributed by atoms with Gasteiger partial charge in [0.25, 0.3) is 0 Å². The Morgan fingerprint density at radius 2 is 1.93 bits per heavy atom. The van der Waals surface area contributed by atoms with Crippen molar-refractivity contribution < 1.29 is 23.8 Å². The Labute approximate surface area is 165 Å². The van der Waals surface area contributed by atoms with Gasteiger partial charge in [0.1, 0.15) is 11.5 Å². The summed E-state index contributed by atoms with van der Waals surface area (Å²) >= 11 is 0. The predicted molar refractivity (Wildman–Crippen MR) is 103 cm³/mol. The van der Waals surface area contributed by atoms with Gasteiger partial charge in [-0.05, 0) is 38.0 Å². The van der Waals surface area contributed by atoms with Crippen LogP contribution in [0.25, 0.3) is 5.57 Å². The highest BCUT2D eigenvalue weighted by molar-refractivity contribution is 6.26. The zero-order valence-corrected chi connectivity index (χ0v) is 16.6. The average Bonchev–Trinajstić information content (AvgIpc) is 3.36. The lowest BCUT2D eigenvalue weighted by atomic mass is 9.80. The first-order valence-electron chi connectivity index (χ1n) is 9.73. The summed E-state index contributed by atoms with van der Waals surface area (Å²) in [6.45, 7) is 5.34. The second kappa shape index (κ2) is 7.10. The number of fused-ring (bicyclic) bond motifs is 5. The van der Waals surface area contributed by atoms with Crippen molar-refractivity contribution in [2.45, 2.75) is 45.8 Å². The van der Waals surface area contributed by atoms with Gasteiger partial charge in [-0.3, -0.25) is 9.59 Å². The number of carbonyl (C=O) groups is 2. The maximum atomic E-state index is 13.4. The van der Waals surface area contributed by atoms with E-state index in [0.29, 0.717) is 22.6 Å². The molecule has 1 aromatic rings. The lowest BCUT2D eigenvalue weighted by molar-refractivity contribution is -0.144. The van der Waals surface area contributed by atoms with E-state index >= 15 is 0 Å². The molecule has 2 aliphatic heterocycles. The maximum absolute atomic E-state index is 13.4. The Hall–Kier alpha value is -2.58. The number of hydrogen-bond donors (Lipinski definition) is 0. The molecular formula is C23H24O5. The summed E-state index contributed by atoms with van der Waals surface area (Å²) in [6.07, 6.45) is 1.60. The van der Waals surface area contributed by atoms with Gasteiger partial charge < -0.3 is 14.2 Å². The molecule has 4 atom stereocenters. The molecule has 3 aliphatic rings. The number of carbonyl (C=O) groups excluding carboxylic acids is 2. The van der Waals surface area contributed by atoms with E-state index in [2.05, 4.69) is 11.8 Å². The lowest BCUT2D eigenvalue weighted by Gasteiger charge is -2.22. The van der Waals surface area contributed by atoms with Gasteiger partial charge in [0.15, 0.2) is 5.78 Å². The van der Waals surface area contributed by atoms with Crippen LogP contribution in [-0.2, 0) is 19.1 Å². The topological polar surface area (TPSA) is 61.8 Å². The summed E-state index contributed by atoms with van der Waals surface area (Å²) in [7, 11) is 1.56. The number of hydrogen-bond acceptors (Lipinski definition) is 5. The van der Waals surface area contributed by atoms with Crippen LogP contribution in [0.1, 0.15) is 44.7 Å². The number of allylic oxidation sites excluding steroid dienone is 1. The summed E-state index contributed by atoms with van der Waals surface area (Å²) in [5.41, 5.74) is 1.91. The molecule has 2 bridgehead atoms. The van der Waals surface area contributed by atoms with Crippen molar-refractivity contribution in [3.63, 3.8) is 0 Å². The Morgan fingerprint density at radius 1 is 1.21 bits per heavy atom. The highest BCUT2D eigenvalue weighted by Crippen LogP contribution is 2.55. The molecule has 2 saturated heterocycles. The van der Waals surface area contributed by atoms with E-state index in [-0.39, 0.29) is 41.7 Å². The molecule has 0 aromatic heterocycles. The SMILES string of the molecule is CC#Cc1ccc(C2=C(OC(=O)C(C)C)[C@H]3C4CCC(O4)[C@H]3C2=O)c(OC)c1. The number of ether oxygens (including phenoxy) is 3. The zero-order chi connectivity index (χ0) is 20.0. The third-order valence-corrected chi connectivity index (χ3v) is 5.79. The van der Waals surface area contributed by atoms with Crippen molar-refractivity contribution in [3.05, 3.63) is 35.1 Å². The van der Waals surface area contributed by atoms with E-state index in [9.17, 15) is 9.59 Å². The van der Waals surface area contributed by atoms with Crippen molar-refractivity contribution in [2.24, 2.45) is 17.8 Å². The largest absolute Gasteiger partial charge is 0.496 e. The third-order valence-electron chi connectivity index (χ3n) is 5.79. The van der Waals surface area contributed by atoms with E-state index in [0.717, 1.165) is 18.4 Å². The van der Waals surface area contributed by atoms with Crippen LogP contribution >= 0.6 is 0 Å². The molecule has 0 amide bonds. The molecule has 0 saturated carbocycles. The van der Waals surface area contributed by atoms with Crippen LogP contribution in [0.4, 0.5) is 0 Å². The number of benzene rings is 1. The second-order valence-corrected chi connectivity index (χ2v) is 7.81. The minimum Gasteiger partial charge on any atom is -0.496 e. The van der Waals surface area contributed by atoms with Crippen molar-refractivity contribution in [3.8, 4) is 17.6 Å². The van der Waals surface area contributed by atoms with Crippen molar-refractivity contribution in [1.82, 2.24) is 0 Å². The van der Waals surface area contributed by atoms with Crippen LogP contribution in [0.5, 0.6) is 5.75 Å². The lowest BCUT2D eigenvalue weighted by Crippen LogP contribution is -2.30. The summed E-state index contributed by atoms with van der Waals surface area (Å²) in [6, 6.07) is 5.50. The standard InChI is InChI=1S/C23H24O5/c1-5-6-13-7-8-14(17(11-13)26-4)18-21(24)19-15-9-10-16(27-15)20(19)22(18)28-23(25)12(2)3/h7-8,11-12,15-16,19-20H,9-10H2,1-4H3/t15?,16?,19-,20+/m1/s1. The Balaban J connectivity index is 1.85. The van der Waals surface area contributed by atoms with Crippen LogP contribution in [-0.4, -0.2) is 31.1 Å². The van der Waals surface area contributed by atoms with Crippen molar-refractivity contribution in [1.29, 1.82) is 0 Å². The minimum absolute atomic E-state index is 0.0172. The third kappa shape index (κ3) is 2.84. The van der Waals surface area contributed by atoms with Crippen LogP contribution in [0.15, 0.2) is 24.0 Å². The molecule has 2 heterocycles. The fourth-order valence-corrected chi connectivity index (χ4v) is 4.53. The van der Waals surface area contributed by atoms with Gasteiger partial charge in [-0.1, -0.05) is 19.8 Å². The highest BCUT2D eigenvalue weighted by atomic mass is 16.5. The van der Waals surface area contributed by atoms with Gasteiger partial charge in [-0.15, -0.1) is 5.92 Å². The van der Waals surface area contributed by atoms with Crippen LogP contribution in [0, 0.1) is 29.6 Å². The van der Waals surface area contributed by atoms with Crippen LogP contribution < -0.4 is 4.74 Å². The van der Waals surface area contributed by atoms with E-state index in [1.165, 1.54) is 0 Å². The smallest absolute Gasteiger partial charge is 0.313 e. The molecular weight excluding hydrogens is 356 g/mol. The molecule has 146 valence electrons. The predicted octanol–water partition coefficient (Wildman–Crippen LogP) is 3.35. The zero-order valence-electron chi connectivity index (χ0n) is 16.6. The normalized spacial score (nSPS) is 27.7. The van der Waals surface area contributed by atoms with Gasteiger partial charge in [0.2, 0.25) is 0 Å².